The molecule has 2 nitrogen and oxygen atoms in total. The molecular weight excluding hydrogens is 246 g/mol. The van der Waals surface area contributed by atoms with Gasteiger partial charge in [-0.2, -0.15) is 0 Å². The first kappa shape index (κ1) is 14.8. The Morgan fingerprint density at radius 1 is 0.850 bits per heavy atom. The lowest BCUT2D eigenvalue weighted by Crippen LogP contribution is -2.49. The van der Waals surface area contributed by atoms with E-state index in [-0.39, 0.29) is 6.10 Å². The van der Waals surface area contributed by atoms with Gasteiger partial charge in [-0.25, -0.2) is 0 Å². The normalized spacial score (nSPS) is 47.5. The Kier molecular flexibility index (Phi) is 4.72. The van der Waals surface area contributed by atoms with E-state index in [0.29, 0.717) is 12.0 Å². The molecule has 0 amide bonds. The van der Waals surface area contributed by atoms with Crippen LogP contribution in [0.1, 0.15) is 71.6 Å². The van der Waals surface area contributed by atoms with Crippen LogP contribution in [0.2, 0.25) is 0 Å². The Labute approximate surface area is 124 Å². The second-order valence-electron chi connectivity index (χ2n) is 8.03. The molecule has 5 unspecified atom stereocenters. The number of aliphatic hydroxyl groups excluding tert-OH is 1. The number of nitrogens with zero attached hydrogens (tertiary/aromatic N) is 1. The molecule has 20 heavy (non-hydrogen) atoms. The monoisotopic (exact) mass is 279 g/mol. The van der Waals surface area contributed by atoms with Crippen LogP contribution < -0.4 is 0 Å². The molecule has 3 aliphatic rings. The minimum absolute atomic E-state index is 0.0206. The number of hydrogen-bond acceptors (Lipinski definition) is 2. The highest BCUT2D eigenvalue weighted by molar-refractivity contribution is 4.95. The molecule has 0 spiro atoms. The predicted molar refractivity (Wildman–Crippen MR) is 83.7 cm³/mol. The summed E-state index contributed by atoms with van der Waals surface area (Å²) in [6.45, 7) is 6.16. The van der Waals surface area contributed by atoms with Crippen molar-refractivity contribution in [2.75, 3.05) is 6.54 Å². The highest BCUT2D eigenvalue weighted by Gasteiger charge is 2.41. The van der Waals surface area contributed by atoms with Crippen LogP contribution in [0.5, 0.6) is 0 Å². The molecule has 1 saturated heterocycles. The molecule has 0 radical (unpaired) electrons. The smallest absolute Gasteiger partial charge is 0.0583 e. The molecule has 1 N–H and O–H groups in total. The van der Waals surface area contributed by atoms with E-state index < -0.39 is 0 Å². The van der Waals surface area contributed by atoms with Gasteiger partial charge in [-0.15, -0.1) is 0 Å². The summed E-state index contributed by atoms with van der Waals surface area (Å²) in [6, 6.07) is 1.49. The van der Waals surface area contributed by atoms with Gasteiger partial charge in [0.25, 0.3) is 0 Å². The summed E-state index contributed by atoms with van der Waals surface area (Å²) in [5.74, 6) is 2.35. The fourth-order valence-corrected chi connectivity index (χ4v) is 5.49. The Balaban J connectivity index is 1.68. The molecule has 1 aliphatic heterocycles. The third-order valence-electron chi connectivity index (χ3n) is 6.24. The van der Waals surface area contributed by atoms with E-state index >= 15 is 0 Å². The molecular formula is C18H33NO. The zero-order valence-electron chi connectivity index (χ0n) is 13.4. The van der Waals surface area contributed by atoms with Crippen molar-refractivity contribution in [2.24, 2.45) is 17.8 Å². The SMILES string of the molecule is CC1CC(C)CC(N2CCCC2C2CCCCC2O)C1. The van der Waals surface area contributed by atoms with Crippen LogP contribution >= 0.6 is 0 Å². The lowest BCUT2D eigenvalue weighted by molar-refractivity contribution is -0.00207. The van der Waals surface area contributed by atoms with Crippen molar-refractivity contribution in [3.8, 4) is 0 Å². The summed E-state index contributed by atoms with van der Waals surface area (Å²) in [7, 11) is 0. The summed E-state index contributed by atoms with van der Waals surface area (Å²) in [5, 5.41) is 10.4. The average molecular weight is 279 g/mol. The molecule has 0 aromatic carbocycles. The van der Waals surface area contributed by atoms with Crippen LogP contribution in [-0.2, 0) is 0 Å². The van der Waals surface area contributed by atoms with Crippen LogP contribution in [0.3, 0.4) is 0 Å². The first-order chi connectivity index (χ1) is 9.65. The Morgan fingerprint density at radius 2 is 1.55 bits per heavy atom. The zero-order chi connectivity index (χ0) is 14.1. The van der Waals surface area contributed by atoms with Crippen LogP contribution in [0.4, 0.5) is 0 Å². The van der Waals surface area contributed by atoms with Gasteiger partial charge in [-0.3, -0.25) is 4.90 Å². The van der Waals surface area contributed by atoms with E-state index in [1.807, 2.05) is 0 Å². The zero-order valence-corrected chi connectivity index (χ0v) is 13.4. The molecule has 2 heteroatoms. The van der Waals surface area contributed by atoms with Gasteiger partial charge in [0.1, 0.15) is 0 Å². The van der Waals surface area contributed by atoms with Gasteiger partial charge in [-0.1, -0.05) is 26.7 Å². The standard InChI is InChI=1S/C18H33NO/c1-13-10-14(2)12-15(11-13)19-9-5-7-17(19)16-6-3-4-8-18(16)20/h13-18,20H,3-12H2,1-2H3. The maximum Gasteiger partial charge on any atom is 0.0583 e. The van der Waals surface area contributed by atoms with Crippen LogP contribution in [0.25, 0.3) is 0 Å². The van der Waals surface area contributed by atoms with Gasteiger partial charge in [-0.05, 0) is 63.3 Å². The van der Waals surface area contributed by atoms with Gasteiger partial charge in [0, 0.05) is 18.0 Å². The second kappa shape index (κ2) is 6.36. The van der Waals surface area contributed by atoms with Crippen molar-refractivity contribution < 1.29 is 5.11 Å². The molecule has 5 atom stereocenters. The van der Waals surface area contributed by atoms with Crippen molar-refractivity contribution in [1.82, 2.24) is 4.90 Å². The molecule has 2 aliphatic carbocycles. The van der Waals surface area contributed by atoms with E-state index in [1.54, 1.807) is 0 Å². The molecule has 2 saturated carbocycles. The fraction of sp³-hybridized carbons (Fsp3) is 1.00. The van der Waals surface area contributed by atoms with Gasteiger partial charge < -0.3 is 5.11 Å². The first-order valence-corrected chi connectivity index (χ1v) is 9.09. The fourth-order valence-electron chi connectivity index (χ4n) is 5.49. The van der Waals surface area contributed by atoms with Crippen molar-refractivity contribution in [1.29, 1.82) is 0 Å². The van der Waals surface area contributed by atoms with Crippen molar-refractivity contribution in [3.05, 3.63) is 0 Å². The molecule has 1 heterocycles. The van der Waals surface area contributed by atoms with Crippen molar-refractivity contribution in [3.63, 3.8) is 0 Å². The highest BCUT2D eigenvalue weighted by atomic mass is 16.3. The van der Waals surface area contributed by atoms with E-state index in [9.17, 15) is 5.11 Å². The predicted octanol–water partition coefficient (Wildman–Crippen LogP) is 3.83. The summed E-state index contributed by atoms with van der Waals surface area (Å²) >= 11 is 0. The van der Waals surface area contributed by atoms with E-state index in [4.69, 9.17) is 0 Å². The average Bonchev–Trinajstić information content (AvgIpc) is 2.87. The van der Waals surface area contributed by atoms with Gasteiger partial charge >= 0.3 is 0 Å². The van der Waals surface area contributed by atoms with Crippen molar-refractivity contribution >= 4 is 0 Å². The van der Waals surface area contributed by atoms with Gasteiger partial charge in [0.15, 0.2) is 0 Å². The number of hydrogen-bond donors (Lipinski definition) is 1. The minimum atomic E-state index is -0.0206. The van der Waals surface area contributed by atoms with Crippen LogP contribution in [0.15, 0.2) is 0 Å². The Morgan fingerprint density at radius 3 is 2.25 bits per heavy atom. The largest absolute Gasteiger partial charge is 0.393 e. The van der Waals surface area contributed by atoms with Crippen molar-refractivity contribution in [2.45, 2.75) is 89.8 Å². The maximum atomic E-state index is 10.4. The Bertz CT molecular complexity index is 309. The maximum absolute atomic E-state index is 10.4. The quantitative estimate of drug-likeness (QED) is 0.830. The molecule has 0 aromatic rings. The summed E-state index contributed by atoms with van der Waals surface area (Å²) in [6.07, 6.45) is 11.8. The molecule has 0 aromatic heterocycles. The van der Waals surface area contributed by atoms with E-state index in [1.165, 1.54) is 57.9 Å². The lowest BCUT2D eigenvalue weighted by Gasteiger charge is -2.44. The Hall–Kier alpha value is -0.0800. The lowest BCUT2D eigenvalue weighted by atomic mass is 9.77. The van der Waals surface area contributed by atoms with Crippen LogP contribution in [-0.4, -0.2) is 34.7 Å². The molecule has 3 rings (SSSR count). The van der Waals surface area contributed by atoms with Crippen LogP contribution in [0, 0.1) is 17.8 Å². The summed E-state index contributed by atoms with van der Waals surface area (Å²) in [5.41, 5.74) is 0. The van der Waals surface area contributed by atoms with E-state index in [2.05, 4.69) is 18.7 Å². The molecule has 116 valence electrons. The summed E-state index contributed by atoms with van der Waals surface area (Å²) < 4.78 is 0. The highest BCUT2D eigenvalue weighted by Crippen LogP contribution is 2.40. The van der Waals surface area contributed by atoms with Gasteiger partial charge in [0.2, 0.25) is 0 Å². The first-order valence-electron chi connectivity index (χ1n) is 9.09. The number of likely N-dealkylation sites (tertiary alicyclic amines) is 1. The van der Waals surface area contributed by atoms with E-state index in [0.717, 1.165) is 24.3 Å². The third-order valence-corrected chi connectivity index (χ3v) is 6.24. The summed E-state index contributed by atoms with van der Waals surface area (Å²) in [4.78, 5) is 2.82. The topological polar surface area (TPSA) is 23.5 Å². The third kappa shape index (κ3) is 3.06. The number of rotatable bonds is 2. The molecule has 0 bridgehead atoms. The van der Waals surface area contributed by atoms with Gasteiger partial charge in [0.05, 0.1) is 6.10 Å². The number of aliphatic hydroxyl groups is 1. The minimum Gasteiger partial charge on any atom is -0.393 e. The second-order valence-corrected chi connectivity index (χ2v) is 8.03. The molecule has 3 fully saturated rings.